The van der Waals surface area contributed by atoms with Crippen molar-refractivity contribution in [1.29, 1.82) is 0 Å². The lowest BCUT2D eigenvalue weighted by molar-refractivity contribution is -0.115. The number of rotatable bonds is 8. The van der Waals surface area contributed by atoms with E-state index in [-0.39, 0.29) is 5.91 Å². The molecule has 0 unspecified atom stereocenters. The van der Waals surface area contributed by atoms with Crippen molar-refractivity contribution in [3.05, 3.63) is 107 Å². The summed E-state index contributed by atoms with van der Waals surface area (Å²) in [5.74, 6) is 1.20. The number of hydrogen-bond acceptors (Lipinski definition) is 4. The first kappa shape index (κ1) is 22.2. The molecule has 4 rings (SSSR count). The van der Waals surface area contributed by atoms with Crippen LogP contribution in [0.15, 0.2) is 85.1 Å². The number of nitrogens with one attached hydrogen (secondary N) is 1. The number of anilines is 1. The number of carbonyl (C=O) groups excluding carboxylic acids is 1. The van der Waals surface area contributed by atoms with Crippen molar-refractivity contribution < 1.29 is 9.53 Å². The average molecular weight is 438 g/mol. The number of benzene rings is 3. The lowest BCUT2D eigenvalue weighted by Gasteiger charge is -2.12. The predicted octanol–water partition coefficient (Wildman–Crippen LogP) is 5.43. The molecule has 4 aromatic rings. The Morgan fingerprint density at radius 3 is 2.30 bits per heavy atom. The molecule has 0 aliphatic rings. The van der Waals surface area contributed by atoms with Crippen molar-refractivity contribution in [1.82, 2.24) is 9.97 Å². The molecular weight excluding hydrogens is 410 g/mol. The van der Waals surface area contributed by atoms with Crippen LogP contribution in [-0.4, -0.2) is 23.0 Å². The minimum Gasteiger partial charge on any atom is -0.497 e. The van der Waals surface area contributed by atoms with Crippen LogP contribution in [0.3, 0.4) is 0 Å². The van der Waals surface area contributed by atoms with Crippen molar-refractivity contribution in [3.8, 4) is 17.0 Å². The second-order valence-electron chi connectivity index (χ2n) is 7.98. The molecule has 0 saturated heterocycles. The van der Waals surface area contributed by atoms with E-state index in [1.54, 1.807) is 13.3 Å². The van der Waals surface area contributed by atoms with Crippen LogP contribution in [0.2, 0.25) is 0 Å². The molecule has 0 bridgehead atoms. The van der Waals surface area contributed by atoms with Crippen LogP contribution in [0.4, 0.5) is 5.82 Å². The summed E-state index contributed by atoms with van der Waals surface area (Å²) < 4.78 is 5.25. The molecule has 5 nitrogen and oxygen atoms in total. The van der Waals surface area contributed by atoms with Gasteiger partial charge in [0.05, 0.1) is 31.1 Å². The predicted molar refractivity (Wildman–Crippen MR) is 131 cm³/mol. The summed E-state index contributed by atoms with van der Waals surface area (Å²) in [4.78, 5) is 22.2. The number of ether oxygens (including phenoxy) is 1. The zero-order chi connectivity index (χ0) is 23.0. The van der Waals surface area contributed by atoms with Gasteiger partial charge in [-0.1, -0.05) is 60.2 Å². The molecule has 5 heteroatoms. The molecule has 166 valence electrons. The zero-order valence-electron chi connectivity index (χ0n) is 18.9. The third-order valence-electron chi connectivity index (χ3n) is 5.47. The summed E-state index contributed by atoms with van der Waals surface area (Å²) >= 11 is 0. The summed E-state index contributed by atoms with van der Waals surface area (Å²) in [7, 11) is 1.64. The number of aromatic nitrogens is 2. The van der Waals surface area contributed by atoms with Gasteiger partial charge in [0, 0.05) is 5.56 Å². The van der Waals surface area contributed by atoms with Crippen LogP contribution >= 0.6 is 0 Å². The smallest absolute Gasteiger partial charge is 0.229 e. The number of hydrogen-bond donors (Lipinski definition) is 1. The molecular formula is C28H27N3O2. The van der Waals surface area contributed by atoms with E-state index in [0.29, 0.717) is 18.7 Å². The second kappa shape index (κ2) is 10.6. The maximum absolute atomic E-state index is 12.7. The summed E-state index contributed by atoms with van der Waals surface area (Å²) in [6, 6.07) is 25.9. The maximum atomic E-state index is 12.7. The number of nitrogens with zero attached hydrogens (tertiary/aromatic N) is 2. The average Bonchev–Trinajstić information content (AvgIpc) is 2.85. The fraction of sp³-hybridized carbons (Fsp3) is 0.179. The quantitative estimate of drug-likeness (QED) is 0.399. The van der Waals surface area contributed by atoms with Crippen LogP contribution in [0, 0.1) is 6.92 Å². The van der Waals surface area contributed by atoms with Gasteiger partial charge in [0.25, 0.3) is 0 Å². The van der Waals surface area contributed by atoms with E-state index < -0.39 is 0 Å². The molecule has 0 spiro atoms. The van der Waals surface area contributed by atoms with Gasteiger partial charge >= 0.3 is 0 Å². The van der Waals surface area contributed by atoms with Gasteiger partial charge in [0.2, 0.25) is 5.91 Å². The van der Waals surface area contributed by atoms with Crippen LogP contribution in [0.5, 0.6) is 5.75 Å². The lowest BCUT2D eigenvalue weighted by Crippen LogP contribution is -2.17. The van der Waals surface area contributed by atoms with E-state index in [1.165, 1.54) is 11.1 Å². The number of methoxy groups -OCH3 is 1. The van der Waals surface area contributed by atoms with Crippen molar-refractivity contribution in [3.63, 3.8) is 0 Å². The number of carbonyl (C=O) groups is 1. The summed E-state index contributed by atoms with van der Waals surface area (Å²) in [5.41, 5.74) is 5.82. The largest absolute Gasteiger partial charge is 0.497 e. The van der Waals surface area contributed by atoms with Gasteiger partial charge in [-0.3, -0.25) is 4.79 Å². The Balaban J connectivity index is 1.56. The molecule has 33 heavy (non-hydrogen) atoms. The van der Waals surface area contributed by atoms with E-state index >= 15 is 0 Å². The Morgan fingerprint density at radius 2 is 1.61 bits per heavy atom. The first-order valence-electron chi connectivity index (χ1n) is 11.0. The fourth-order valence-electron chi connectivity index (χ4n) is 3.58. The normalized spacial score (nSPS) is 10.6. The minimum atomic E-state index is -0.105. The topological polar surface area (TPSA) is 64.1 Å². The van der Waals surface area contributed by atoms with Crippen molar-refractivity contribution in [2.45, 2.75) is 26.2 Å². The van der Waals surface area contributed by atoms with Gasteiger partial charge in [0.15, 0.2) is 5.82 Å². The van der Waals surface area contributed by atoms with E-state index in [2.05, 4.69) is 22.4 Å². The first-order chi connectivity index (χ1) is 16.1. The molecule has 0 atom stereocenters. The minimum absolute atomic E-state index is 0.105. The lowest BCUT2D eigenvalue weighted by atomic mass is 10.1. The van der Waals surface area contributed by atoms with Crippen LogP contribution in [0.1, 0.15) is 22.4 Å². The van der Waals surface area contributed by atoms with Gasteiger partial charge in [-0.25, -0.2) is 9.97 Å². The highest BCUT2D eigenvalue weighted by atomic mass is 16.5. The maximum Gasteiger partial charge on any atom is 0.229 e. The van der Waals surface area contributed by atoms with Gasteiger partial charge in [-0.15, -0.1) is 0 Å². The molecule has 1 N–H and O–H groups in total. The van der Waals surface area contributed by atoms with E-state index in [9.17, 15) is 4.79 Å². The highest BCUT2D eigenvalue weighted by molar-refractivity contribution is 5.92. The van der Waals surface area contributed by atoms with Crippen LogP contribution in [0.25, 0.3) is 11.3 Å². The molecule has 0 aliphatic heterocycles. The Hall–Kier alpha value is -3.99. The molecule has 1 heterocycles. The Morgan fingerprint density at radius 1 is 0.879 bits per heavy atom. The van der Waals surface area contributed by atoms with E-state index in [0.717, 1.165) is 34.7 Å². The standard InChI is InChI=1S/C28H27N3O2/c1-20-8-10-22(11-9-20)18-27(32)31-28-25(17-12-21-6-4-3-5-7-21)30-26(19-29-28)23-13-15-24(33-2)16-14-23/h3-11,13-16,19H,12,17-18H2,1-2H3,(H,29,31,32). The Labute approximate surface area is 194 Å². The van der Waals surface area contributed by atoms with E-state index in [1.807, 2.05) is 73.7 Å². The summed E-state index contributed by atoms with van der Waals surface area (Å²) in [6.45, 7) is 2.03. The summed E-state index contributed by atoms with van der Waals surface area (Å²) in [6.07, 6.45) is 3.47. The molecule has 1 aromatic heterocycles. The third-order valence-corrected chi connectivity index (χ3v) is 5.47. The van der Waals surface area contributed by atoms with Crippen molar-refractivity contribution in [2.75, 3.05) is 12.4 Å². The van der Waals surface area contributed by atoms with Crippen LogP contribution in [-0.2, 0) is 24.1 Å². The molecule has 0 aliphatic carbocycles. The second-order valence-corrected chi connectivity index (χ2v) is 7.98. The monoisotopic (exact) mass is 437 g/mol. The molecule has 0 saturated carbocycles. The SMILES string of the molecule is COc1ccc(-c2cnc(NC(=O)Cc3ccc(C)cc3)c(CCc3ccccc3)n2)cc1. The number of amides is 1. The van der Waals surface area contributed by atoms with Crippen molar-refractivity contribution in [2.24, 2.45) is 0 Å². The Kier molecular flexibility index (Phi) is 7.10. The molecule has 0 radical (unpaired) electrons. The highest BCUT2D eigenvalue weighted by Gasteiger charge is 2.13. The Bertz CT molecular complexity index is 1200. The van der Waals surface area contributed by atoms with Gasteiger partial charge < -0.3 is 10.1 Å². The molecule has 0 fully saturated rings. The third kappa shape index (κ3) is 6.04. The van der Waals surface area contributed by atoms with Gasteiger partial charge in [-0.05, 0) is 55.2 Å². The first-order valence-corrected chi connectivity index (χ1v) is 11.0. The fourth-order valence-corrected chi connectivity index (χ4v) is 3.58. The number of aryl methyl sites for hydroxylation is 3. The van der Waals surface area contributed by atoms with E-state index in [4.69, 9.17) is 9.72 Å². The van der Waals surface area contributed by atoms with Gasteiger partial charge in [-0.2, -0.15) is 0 Å². The molecule has 1 amide bonds. The van der Waals surface area contributed by atoms with Crippen LogP contribution < -0.4 is 10.1 Å². The highest BCUT2D eigenvalue weighted by Crippen LogP contribution is 2.23. The van der Waals surface area contributed by atoms with Gasteiger partial charge in [0.1, 0.15) is 5.75 Å². The zero-order valence-corrected chi connectivity index (χ0v) is 18.9. The van der Waals surface area contributed by atoms with Crippen molar-refractivity contribution >= 4 is 11.7 Å². The molecule has 3 aromatic carbocycles. The summed E-state index contributed by atoms with van der Waals surface area (Å²) in [5, 5.41) is 2.97.